The highest BCUT2D eigenvalue weighted by Gasteiger charge is 2.21. The van der Waals surface area contributed by atoms with Gasteiger partial charge in [-0.15, -0.1) is 0 Å². The third-order valence-electron chi connectivity index (χ3n) is 2.85. The maximum absolute atomic E-state index is 11.2. The van der Waals surface area contributed by atoms with Gasteiger partial charge in [-0.05, 0) is 18.2 Å². The van der Waals surface area contributed by atoms with E-state index in [1.54, 1.807) is 12.1 Å². The molecule has 0 saturated heterocycles. The second-order valence-electron chi connectivity index (χ2n) is 5.82. The normalized spacial score (nSPS) is 12.9. The molecule has 0 amide bonds. The van der Waals surface area contributed by atoms with Crippen LogP contribution in [0.25, 0.3) is 11.0 Å². The molecule has 0 atom stereocenters. The molecule has 1 aromatic heterocycles. The second-order valence-corrected chi connectivity index (χ2v) is 7.57. The molecule has 1 heterocycles. The Morgan fingerprint density at radius 1 is 1.26 bits per heavy atom. The maximum atomic E-state index is 11.2. The first kappa shape index (κ1) is 13.9. The van der Waals surface area contributed by atoms with Crippen LogP contribution < -0.4 is 4.72 Å². The van der Waals surface area contributed by atoms with E-state index in [-0.39, 0.29) is 5.41 Å². The van der Waals surface area contributed by atoms with E-state index in [4.69, 9.17) is 0 Å². The lowest BCUT2D eigenvalue weighted by atomic mass is 9.96. The lowest BCUT2D eigenvalue weighted by molar-refractivity contribution is 0.526. The highest BCUT2D eigenvalue weighted by Crippen LogP contribution is 2.27. The summed E-state index contributed by atoms with van der Waals surface area (Å²) in [6.45, 7) is 6.30. The third kappa shape index (κ3) is 2.89. The van der Waals surface area contributed by atoms with Crippen LogP contribution in [0.4, 0.5) is 5.69 Å². The predicted octanol–water partition coefficient (Wildman–Crippen LogP) is 2.24. The number of benzene rings is 1. The number of imidazole rings is 1. The third-order valence-corrected chi connectivity index (χ3v) is 3.46. The summed E-state index contributed by atoms with van der Waals surface area (Å²) >= 11 is 0. The largest absolute Gasteiger partial charge is 0.331 e. The molecule has 0 aliphatic heterocycles. The molecule has 0 spiro atoms. The molecule has 0 aliphatic rings. The smallest absolute Gasteiger partial charge is 0.229 e. The van der Waals surface area contributed by atoms with Gasteiger partial charge in [0.05, 0.1) is 23.0 Å². The van der Waals surface area contributed by atoms with Crippen LogP contribution in [-0.4, -0.2) is 24.2 Å². The van der Waals surface area contributed by atoms with Crippen molar-refractivity contribution in [2.24, 2.45) is 7.05 Å². The average molecular weight is 281 g/mol. The molecule has 2 aromatic rings. The molecular weight excluding hydrogens is 262 g/mol. The number of rotatable bonds is 2. The van der Waals surface area contributed by atoms with E-state index in [2.05, 4.69) is 30.5 Å². The quantitative estimate of drug-likeness (QED) is 0.918. The van der Waals surface area contributed by atoms with Gasteiger partial charge < -0.3 is 4.57 Å². The molecule has 0 unspecified atom stereocenters. The van der Waals surface area contributed by atoms with E-state index in [1.807, 2.05) is 17.7 Å². The molecule has 1 aromatic carbocycles. The zero-order valence-corrected chi connectivity index (χ0v) is 12.7. The molecule has 2 rings (SSSR count). The summed E-state index contributed by atoms with van der Waals surface area (Å²) in [6, 6.07) is 5.38. The molecule has 0 aliphatic carbocycles. The minimum Gasteiger partial charge on any atom is -0.331 e. The zero-order valence-electron chi connectivity index (χ0n) is 11.9. The molecule has 19 heavy (non-hydrogen) atoms. The zero-order chi connectivity index (χ0) is 14.4. The molecule has 0 bridgehead atoms. The van der Waals surface area contributed by atoms with Gasteiger partial charge in [-0.25, -0.2) is 13.4 Å². The van der Waals surface area contributed by atoms with Crippen LogP contribution in [0.5, 0.6) is 0 Å². The number of nitrogens with one attached hydrogen (secondary N) is 1. The van der Waals surface area contributed by atoms with Gasteiger partial charge in [0, 0.05) is 12.5 Å². The molecule has 104 valence electrons. The van der Waals surface area contributed by atoms with Crippen LogP contribution in [0.3, 0.4) is 0 Å². The van der Waals surface area contributed by atoms with E-state index in [0.29, 0.717) is 5.69 Å². The fourth-order valence-corrected chi connectivity index (χ4v) is 2.70. The van der Waals surface area contributed by atoms with Crippen LogP contribution in [0.2, 0.25) is 0 Å². The summed E-state index contributed by atoms with van der Waals surface area (Å²) < 4.78 is 27.0. The van der Waals surface area contributed by atoms with Gasteiger partial charge in [0.2, 0.25) is 10.0 Å². The number of hydrogen-bond acceptors (Lipinski definition) is 3. The van der Waals surface area contributed by atoms with E-state index >= 15 is 0 Å². The molecule has 6 heteroatoms. The molecule has 1 N–H and O–H groups in total. The van der Waals surface area contributed by atoms with Crippen molar-refractivity contribution in [1.82, 2.24) is 9.55 Å². The summed E-state index contributed by atoms with van der Waals surface area (Å²) in [5.74, 6) is 0.971. The average Bonchev–Trinajstić information content (AvgIpc) is 2.52. The number of aromatic nitrogens is 2. The van der Waals surface area contributed by atoms with Crippen LogP contribution in [0.1, 0.15) is 26.6 Å². The van der Waals surface area contributed by atoms with Gasteiger partial charge in [-0.1, -0.05) is 20.8 Å². The fraction of sp³-hybridized carbons (Fsp3) is 0.462. The summed E-state index contributed by atoms with van der Waals surface area (Å²) in [7, 11) is -1.29. The minimum absolute atomic E-state index is 0.0573. The molecule has 5 nitrogen and oxygen atoms in total. The molecule has 0 saturated carbocycles. The van der Waals surface area contributed by atoms with Crippen LogP contribution in [0.15, 0.2) is 18.2 Å². The van der Waals surface area contributed by atoms with Gasteiger partial charge in [0.25, 0.3) is 0 Å². The Morgan fingerprint density at radius 2 is 1.89 bits per heavy atom. The summed E-state index contributed by atoms with van der Waals surface area (Å²) in [5.41, 5.74) is 2.26. The topological polar surface area (TPSA) is 64.0 Å². The van der Waals surface area contributed by atoms with Crippen molar-refractivity contribution in [3.8, 4) is 0 Å². The van der Waals surface area contributed by atoms with Gasteiger partial charge in [-0.3, -0.25) is 4.72 Å². The fourth-order valence-electron chi connectivity index (χ4n) is 2.15. The lowest BCUT2D eigenvalue weighted by Crippen LogP contribution is -2.17. The van der Waals surface area contributed by atoms with Crippen LogP contribution in [-0.2, 0) is 22.5 Å². The number of aryl methyl sites for hydroxylation is 1. The van der Waals surface area contributed by atoms with E-state index in [9.17, 15) is 8.42 Å². The molecular formula is C13H19N3O2S. The van der Waals surface area contributed by atoms with Gasteiger partial charge in [-0.2, -0.15) is 0 Å². The Labute approximate surface area is 113 Å². The Hall–Kier alpha value is -1.56. The highest BCUT2D eigenvalue weighted by molar-refractivity contribution is 7.92. The van der Waals surface area contributed by atoms with Crippen molar-refractivity contribution < 1.29 is 8.42 Å². The molecule has 0 radical (unpaired) electrons. The minimum atomic E-state index is -3.26. The number of sulfonamides is 1. The summed E-state index contributed by atoms with van der Waals surface area (Å²) in [6.07, 6.45) is 1.14. The highest BCUT2D eigenvalue weighted by atomic mass is 32.2. The second kappa shape index (κ2) is 4.23. The van der Waals surface area contributed by atoms with Crippen LogP contribution >= 0.6 is 0 Å². The van der Waals surface area contributed by atoms with Crippen molar-refractivity contribution in [3.63, 3.8) is 0 Å². The van der Waals surface area contributed by atoms with Crippen molar-refractivity contribution in [2.75, 3.05) is 11.0 Å². The summed E-state index contributed by atoms with van der Waals surface area (Å²) in [5, 5.41) is 0. The first-order valence-electron chi connectivity index (χ1n) is 6.03. The lowest BCUT2D eigenvalue weighted by Gasteiger charge is -2.17. The molecule has 0 fully saturated rings. The Bertz CT molecular complexity index is 724. The van der Waals surface area contributed by atoms with E-state index in [0.717, 1.165) is 23.1 Å². The van der Waals surface area contributed by atoms with Gasteiger partial charge in [0.1, 0.15) is 5.82 Å². The SMILES string of the molecule is Cn1c(C(C)(C)C)nc2cc(NS(C)(=O)=O)ccc21. The van der Waals surface area contributed by atoms with Crippen LogP contribution in [0, 0.1) is 0 Å². The number of anilines is 1. The van der Waals surface area contributed by atoms with Gasteiger partial charge in [0.15, 0.2) is 0 Å². The Kier molecular flexibility index (Phi) is 3.09. The van der Waals surface area contributed by atoms with E-state index < -0.39 is 10.0 Å². The first-order valence-corrected chi connectivity index (χ1v) is 7.92. The Balaban J connectivity index is 2.56. The van der Waals surface area contributed by atoms with Crippen molar-refractivity contribution in [1.29, 1.82) is 0 Å². The van der Waals surface area contributed by atoms with E-state index in [1.165, 1.54) is 0 Å². The van der Waals surface area contributed by atoms with Gasteiger partial charge >= 0.3 is 0 Å². The monoisotopic (exact) mass is 281 g/mol. The first-order chi connectivity index (χ1) is 8.58. The number of fused-ring (bicyclic) bond motifs is 1. The van der Waals surface area contributed by atoms with Crippen molar-refractivity contribution >= 4 is 26.7 Å². The number of hydrogen-bond donors (Lipinski definition) is 1. The number of nitrogens with zero attached hydrogens (tertiary/aromatic N) is 2. The van der Waals surface area contributed by atoms with Crippen molar-refractivity contribution in [3.05, 3.63) is 24.0 Å². The predicted molar refractivity (Wildman–Crippen MR) is 77.9 cm³/mol. The standard InChI is InChI=1S/C13H19N3O2S/c1-13(2,3)12-14-10-8-9(15-19(5,17)18)6-7-11(10)16(12)4/h6-8,15H,1-5H3. The van der Waals surface area contributed by atoms with Crippen molar-refractivity contribution in [2.45, 2.75) is 26.2 Å². The maximum Gasteiger partial charge on any atom is 0.229 e. The summed E-state index contributed by atoms with van der Waals surface area (Å²) in [4.78, 5) is 4.60. The Morgan fingerprint density at radius 3 is 2.42 bits per heavy atom.